The maximum atomic E-state index is 12.1. The Labute approximate surface area is 113 Å². The van der Waals surface area contributed by atoms with Crippen molar-refractivity contribution >= 4 is 12.0 Å². The number of aliphatic hydroxyl groups excluding tert-OH is 1. The standard InChI is InChI=1S/C13H24N2O4/c1-9(2)15(7-8-16)13(19)14-11-6-4-3-5-10(11)12(17)18/h9-11,16H,3-8H2,1-2H3,(H,14,19)(H,17,18). The maximum Gasteiger partial charge on any atom is 0.317 e. The van der Waals surface area contributed by atoms with Gasteiger partial charge < -0.3 is 20.4 Å². The number of carboxylic acid groups (broad SMARTS) is 1. The zero-order valence-corrected chi connectivity index (χ0v) is 11.6. The van der Waals surface area contributed by atoms with Gasteiger partial charge >= 0.3 is 12.0 Å². The number of carboxylic acids is 1. The predicted octanol–water partition coefficient (Wildman–Crippen LogP) is 1.04. The highest BCUT2D eigenvalue weighted by atomic mass is 16.4. The van der Waals surface area contributed by atoms with Crippen molar-refractivity contribution in [1.82, 2.24) is 10.2 Å². The Morgan fingerprint density at radius 1 is 1.32 bits per heavy atom. The first kappa shape index (κ1) is 15.8. The molecular weight excluding hydrogens is 248 g/mol. The predicted molar refractivity (Wildman–Crippen MR) is 70.8 cm³/mol. The lowest BCUT2D eigenvalue weighted by atomic mass is 9.84. The molecule has 0 aromatic heterocycles. The molecule has 1 fully saturated rings. The summed E-state index contributed by atoms with van der Waals surface area (Å²) in [6.45, 7) is 3.89. The van der Waals surface area contributed by atoms with Crippen LogP contribution in [0.15, 0.2) is 0 Å². The summed E-state index contributed by atoms with van der Waals surface area (Å²) in [6.07, 6.45) is 3.15. The molecule has 0 radical (unpaired) electrons. The number of nitrogens with one attached hydrogen (secondary N) is 1. The van der Waals surface area contributed by atoms with E-state index in [1.165, 1.54) is 4.90 Å². The molecule has 6 nitrogen and oxygen atoms in total. The minimum Gasteiger partial charge on any atom is -0.481 e. The maximum absolute atomic E-state index is 12.1. The molecule has 2 amide bonds. The van der Waals surface area contributed by atoms with Gasteiger partial charge in [0.1, 0.15) is 0 Å². The van der Waals surface area contributed by atoms with Crippen molar-refractivity contribution in [3.63, 3.8) is 0 Å². The molecule has 0 saturated heterocycles. The number of carbonyl (C=O) groups excluding carboxylic acids is 1. The second-order valence-corrected chi connectivity index (χ2v) is 5.30. The fourth-order valence-corrected chi connectivity index (χ4v) is 2.54. The van der Waals surface area contributed by atoms with E-state index in [0.29, 0.717) is 12.8 Å². The number of aliphatic hydroxyl groups is 1. The highest BCUT2D eigenvalue weighted by molar-refractivity contribution is 5.77. The lowest BCUT2D eigenvalue weighted by Gasteiger charge is -2.33. The van der Waals surface area contributed by atoms with Crippen molar-refractivity contribution in [1.29, 1.82) is 0 Å². The molecule has 1 aliphatic rings. The SMILES string of the molecule is CC(C)N(CCO)C(=O)NC1CCCCC1C(=O)O. The van der Waals surface area contributed by atoms with Crippen LogP contribution in [0.25, 0.3) is 0 Å². The molecule has 3 N–H and O–H groups in total. The van der Waals surface area contributed by atoms with Gasteiger partial charge in [-0.1, -0.05) is 12.8 Å². The molecule has 0 aromatic carbocycles. The quantitative estimate of drug-likeness (QED) is 0.697. The largest absolute Gasteiger partial charge is 0.481 e. The van der Waals surface area contributed by atoms with Crippen LogP contribution in [0, 0.1) is 5.92 Å². The Morgan fingerprint density at radius 2 is 1.95 bits per heavy atom. The van der Waals surface area contributed by atoms with E-state index in [1.807, 2.05) is 13.8 Å². The summed E-state index contributed by atoms with van der Waals surface area (Å²) in [5.74, 6) is -1.34. The molecule has 0 aliphatic heterocycles. The molecule has 0 spiro atoms. The first-order valence-electron chi connectivity index (χ1n) is 6.88. The number of amides is 2. The van der Waals surface area contributed by atoms with Gasteiger partial charge in [0.15, 0.2) is 0 Å². The molecule has 1 rings (SSSR count). The molecule has 0 aromatic rings. The monoisotopic (exact) mass is 272 g/mol. The van der Waals surface area contributed by atoms with E-state index in [-0.39, 0.29) is 31.3 Å². The second-order valence-electron chi connectivity index (χ2n) is 5.30. The molecule has 2 unspecified atom stereocenters. The van der Waals surface area contributed by atoms with Gasteiger partial charge in [0.25, 0.3) is 0 Å². The first-order valence-corrected chi connectivity index (χ1v) is 6.88. The van der Waals surface area contributed by atoms with E-state index < -0.39 is 11.9 Å². The smallest absolute Gasteiger partial charge is 0.317 e. The highest BCUT2D eigenvalue weighted by Gasteiger charge is 2.33. The van der Waals surface area contributed by atoms with Gasteiger partial charge in [0.2, 0.25) is 0 Å². The van der Waals surface area contributed by atoms with E-state index in [2.05, 4.69) is 5.32 Å². The Kier molecular flexibility index (Phi) is 6.08. The molecule has 0 bridgehead atoms. The zero-order chi connectivity index (χ0) is 14.4. The molecule has 1 aliphatic carbocycles. The number of hydrogen-bond acceptors (Lipinski definition) is 3. The van der Waals surface area contributed by atoms with E-state index in [0.717, 1.165) is 12.8 Å². The molecule has 6 heteroatoms. The van der Waals surface area contributed by atoms with Gasteiger partial charge in [-0.2, -0.15) is 0 Å². The van der Waals surface area contributed by atoms with Crippen LogP contribution in [-0.2, 0) is 4.79 Å². The van der Waals surface area contributed by atoms with Crippen LogP contribution in [0.2, 0.25) is 0 Å². The molecular formula is C13H24N2O4. The average molecular weight is 272 g/mol. The third-order valence-corrected chi connectivity index (χ3v) is 3.62. The zero-order valence-electron chi connectivity index (χ0n) is 11.6. The van der Waals surface area contributed by atoms with Crippen LogP contribution in [0.3, 0.4) is 0 Å². The Balaban J connectivity index is 2.64. The minimum absolute atomic E-state index is 0.0287. The second kappa shape index (κ2) is 7.33. The number of rotatable bonds is 5. The minimum atomic E-state index is -0.844. The van der Waals surface area contributed by atoms with Gasteiger partial charge in [0.05, 0.1) is 12.5 Å². The number of hydrogen-bond donors (Lipinski definition) is 3. The van der Waals surface area contributed by atoms with Gasteiger partial charge in [0, 0.05) is 18.6 Å². The highest BCUT2D eigenvalue weighted by Crippen LogP contribution is 2.24. The molecule has 19 heavy (non-hydrogen) atoms. The molecule has 2 atom stereocenters. The van der Waals surface area contributed by atoms with Gasteiger partial charge in [-0.3, -0.25) is 4.79 Å². The fourth-order valence-electron chi connectivity index (χ4n) is 2.54. The Hall–Kier alpha value is -1.30. The van der Waals surface area contributed by atoms with E-state index in [4.69, 9.17) is 10.2 Å². The van der Waals surface area contributed by atoms with Crippen molar-refractivity contribution in [2.75, 3.05) is 13.2 Å². The van der Waals surface area contributed by atoms with Crippen LogP contribution < -0.4 is 5.32 Å². The van der Waals surface area contributed by atoms with Crippen molar-refractivity contribution in [2.45, 2.75) is 51.6 Å². The number of urea groups is 1. The topological polar surface area (TPSA) is 89.9 Å². The molecule has 0 heterocycles. The van der Waals surface area contributed by atoms with Crippen LogP contribution in [0.5, 0.6) is 0 Å². The summed E-state index contributed by atoms with van der Waals surface area (Å²) in [5, 5.41) is 20.9. The van der Waals surface area contributed by atoms with Crippen molar-refractivity contribution < 1.29 is 19.8 Å². The Bertz CT molecular complexity index is 320. The van der Waals surface area contributed by atoms with Crippen molar-refractivity contribution in [3.8, 4) is 0 Å². The lowest BCUT2D eigenvalue weighted by molar-refractivity contribution is -0.143. The third-order valence-electron chi connectivity index (χ3n) is 3.62. The summed E-state index contributed by atoms with van der Waals surface area (Å²) in [5.41, 5.74) is 0. The average Bonchev–Trinajstić information content (AvgIpc) is 2.35. The van der Waals surface area contributed by atoms with Crippen LogP contribution in [0.4, 0.5) is 4.79 Å². The van der Waals surface area contributed by atoms with E-state index in [9.17, 15) is 9.59 Å². The normalized spacial score (nSPS) is 23.2. The summed E-state index contributed by atoms with van der Waals surface area (Å²) >= 11 is 0. The molecule has 110 valence electrons. The first-order chi connectivity index (χ1) is 8.97. The van der Waals surface area contributed by atoms with Crippen LogP contribution >= 0.6 is 0 Å². The summed E-state index contributed by atoms with van der Waals surface area (Å²) < 4.78 is 0. The van der Waals surface area contributed by atoms with Crippen molar-refractivity contribution in [3.05, 3.63) is 0 Å². The van der Waals surface area contributed by atoms with Crippen LogP contribution in [0.1, 0.15) is 39.5 Å². The third kappa shape index (κ3) is 4.38. The van der Waals surface area contributed by atoms with Crippen molar-refractivity contribution in [2.24, 2.45) is 5.92 Å². The van der Waals surface area contributed by atoms with E-state index in [1.54, 1.807) is 0 Å². The summed E-state index contributed by atoms with van der Waals surface area (Å²) in [4.78, 5) is 24.8. The van der Waals surface area contributed by atoms with Gasteiger partial charge in [-0.15, -0.1) is 0 Å². The van der Waals surface area contributed by atoms with Crippen LogP contribution in [-0.4, -0.2) is 52.3 Å². The van der Waals surface area contributed by atoms with Gasteiger partial charge in [-0.05, 0) is 26.7 Å². The van der Waals surface area contributed by atoms with Gasteiger partial charge in [-0.25, -0.2) is 4.79 Å². The lowest BCUT2D eigenvalue weighted by Crippen LogP contribution is -2.52. The summed E-state index contributed by atoms with van der Waals surface area (Å²) in [6, 6.07) is -0.625. The molecule has 1 saturated carbocycles. The van der Waals surface area contributed by atoms with E-state index >= 15 is 0 Å². The summed E-state index contributed by atoms with van der Waals surface area (Å²) in [7, 11) is 0. The Morgan fingerprint density at radius 3 is 2.47 bits per heavy atom. The number of nitrogens with zero attached hydrogens (tertiary/aromatic N) is 1. The number of carbonyl (C=O) groups is 2. The fraction of sp³-hybridized carbons (Fsp3) is 0.846. The number of aliphatic carboxylic acids is 1.